The van der Waals surface area contributed by atoms with Crippen LogP contribution in [0.2, 0.25) is 0 Å². The molecule has 4 aromatic heterocycles. The molecule has 0 amide bonds. The number of aromatic nitrogens is 6. The van der Waals surface area contributed by atoms with Crippen LogP contribution >= 0.6 is 0 Å². The minimum atomic E-state index is 0.538. The van der Waals surface area contributed by atoms with Gasteiger partial charge in [-0.1, -0.05) is 146 Å². The van der Waals surface area contributed by atoms with E-state index < -0.39 is 0 Å². The van der Waals surface area contributed by atoms with Crippen LogP contribution in [-0.2, 0) is 0 Å². The lowest BCUT2D eigenvalue weighted by Gasteiger charge is -2.20. The highest BCUT2D eigenvalue weighted by molar-refractivity contribution is 6.12. The second-order valence-corrected chi connectivity index (χ2v) is 19.3. The predicted octanol–water partition coefficient (Wildman–Crippen LogP) is 16.9. The van der Waals surface area contributed by atoms with Gasteiger partial charge >= 0.3 is 0 Å². The van der Waals surface area contributed by atoms with Gasteiger partial charge in [-0.3, -0.25) is 4.98 Å². The molecule has 8 heteroatoms. The third-order valence-electron chi connectivity index (χ3n) is 14.7. The fourth-order valence-electron chi connectivity index (χ4n) is 11.0. The fraction of sp³-hybridized carbons (Fsp3) is 0. The molecule has 0 unspecified atom stereocenters. The lowest BCUT2D eigenvalue weighted by Crippen LogP contribution is -2.03. The van der Waals surface area contributed by atoms with Crippen molar-refractivity contribution in [2.45, 2.75) is 0 Å². The van der Waals surface area contributed by atoms with Crippen LogP contribution in [0.4, 0.5) is 0 Å². The molecule has 14 aromatic rings. The van der Waals surface area contributed by atoms with Crippen molar-refractivity contribution in [3.63, 3.8) is 0 Å². The molecule has 0 radical (unpaired) electrons. The zero-order chi connectivity index (χ0) is 52.1. The van der Waals surface area contributed by atoms with Gasteiger partial charge in [0.1, 0.15) is 0 Å². The summed E-state index contributed by atoms with van der Waals surface area (Å²) in [6, 6.07) is 89.9. The number of para-hydroxylation sites is 2. The van der Waals surface area contributed by atoms with Gasteiger partial charge < -0.3 is 9.13 Å². The van der Waals surface area contributed by atoms with E-state index in [9.17, 15) is 10.5 Å². The van der Waals surface area contributed by atoms with Gasteiger partial charge in [0.25, 0.3) is 0 Å². The van der Waals surface area contributed by atoms with Crippen LogP contribution in [0.15, 0.2) is 255 Å². The van der Waals surface area contributed by atoms with Crippen molar-refractivity contribution in [2.24, 2.45) is 0 Å². The van der Waals surface area contributed by atoms with E-state index in [4.69, 9.17) is 19.9 Å². The molecular formula is C70H42N8. The van der Waals surface area contributed by atoms with Gasteiger partial charge in [-0.2, -0.15) is 10.5 Å². The van der Waals surface area contributed by atoms with Gasteiger partial charge in [0.15, 0.2) is 17.5 Å². The molecule has 0 fully saturated rings. The number of fused-ring (bicyclic) bond motifs is 6. The highest BCUT2D eigenvalue weighted by Gasteiger charge is 2.23. The lowest BCUT2D eigenvalue weighted by molar-refractivity contribution is 1.07. The average Bonchev–Trinajstić information content (AvgIpc) is 4.13. The molecule has 362 valence electrons. The summed E-state index contributed by atoms with van der Waals surface area (Å²) in [7, 11) is 0. The monoisotopic (exact) mass is 994 g/mol. The third kappa shape index (κ3) is 7.93. The zero-order valence-corrected chi connectivity index (χ0v) is 41.8. The number of nitriles is 2. The Morgan fingerprint density at radius 1 is 0.308 bits per heavy atom. The van der Waals surface area contributed by atoms with Crippen molar-refractivity contribution in [3.8, 4) is 102 Å². The van der Waals surface area contributed by atoms with E-state index in [0.717, 1.165) is 116 Å². The molecule has 14 rings (SSSR count). The van der Waals surface area contributed by atoms with Crippen molar-refractivity contribution in [1.29, 1.82) is 10.5 Å². The lowest BCUT2D eigenvalue weighted by atomic mass is 9.93. The number of hydrogen-bond donors (Lipinski definition) is 0. The van der Waals surface area contributed by atoms with E-state index in [2.05, 4.69) is 161 Å². The molecule has 78 heavy (non-hydrogen) atoms. The first-order valence-corrected chi connectivity index (χ1v) is 25.7. The van der Waals surface area contributed by atoms with Gasteiger partial charge in [-0.15, -0.1) is 0 Å². The Bertz CT molecular complexity index is 4700. The summed E-state index contributed by atoms with van der Waals surface area (Å²) in [6.45, 7) is 0. The zero-order valence-electron chi connectivity index (χ0n) is 41.8. The number of nitrogens with zero attached hydrogens (tertiary/aromatic N) is 8. The van der Waals surface area contributed by atoms with E-state index in [1.807, 2.05) is 115 Å². The maximum absolute atomic E-state index is 9.84. The molecule has 0 spiro atoms. The highest BCUT2D eigenvalue weighted by atomic mass is 15.0. The Morgan fingerprint density at radius 2 is 0.795 bits per heavy atom. The molecule has 4 heterocycles. The Balaban J connectivity index is 1.05. The minimum absolute atomic E-state index is 0.538. The van der Waals surface area contributed by atoms with Crippen LogP contribution < -0.4 is 0 Å². The van der Waals surface area contributed by atoms with Crippen LogP contribution in [0.1, 0.15) is 11.1 Å². The normalized spacial score (nSPS) is 11.3. The second-order valence-electron chi connectivity index (χ2n) is 19.3. The summed E-state index contributed by atoms with van der Waals surface area (Å²) in [5.41, 5.74) is 17.6. The van der Waals surface area contributed by atoms with Crippen molar-refractivity contribution >= 4 is 43.6 Å². The molecule has 0 aliphatic heterocycles. The van der Waals surface area contributed by atoms with E-state index >= 15 is 0 Å². The molecule has 8 nitrogen and oxygen atoms in total. The molecule has 10 aromatic carbocycles. The minimum Gasteiger partial charge on any atom is -0.309 e. The van der Waals surface area contributed by atoms with Crippen molar-refractivity contribution in [3.05, 3.63) is 266 Å². The highest BCUT2D eigenvalue weighted by Crippen LogP contribution is 2.44. The Kier molecular flexibility index (Phi) is 11.1. The van der Waals surface area contributed by atoms with E-state index in [1.165, 1.54) is 0 Å². The SMILES string of the molecule is N#Cc1cccc(-c2ccc3c(c2)c2ccccc2n3-c2ccc(-c3ccccn3)c(-c3cc(-c4nc(-c5ccccc5)nc(-c5ccccc5)n4)ccc3-n3c4ccccc4c4cc(-c5cccc(C#N)c5)ccc43)c2)c1. The van der Waals surface area contributed by atoms with Crippen molar-refractivity contribution < 1.29 is 0 Å². The smallest absolute Gasteiger partial charge is 0.164 e. The Hall–Kier alpha value is -11.1. The topological polar surface area (TPSA) is 109 Å². The number of pyridine rings is 1. The van der Waals surface area contributed by atoms with Gasteiger partial charge in [0.2, 0.25) is 0 Å². The summed E-state index contributed by atoms with van der Waals surface area (Å²) in [6.07, 6.45) is 1.85. The Labute approximate surface area is 449 Å². The summed E-state index contributed by atoms with van der Waals surface area (Å²) in [5.74, 6) is 1.69. The molecule has 0 aliphatic carbocycles. The quantitative estimate of drug-likeness (QED) is 0.142. The second kappa shape index (κ2) is 19.0. The van der Waals surface area contributed by atoms with E-state index in [1.54, 1.807) is 0 Å². The molecule has 0 aliphatic rings. The largest absolute Gasteiger partial charge is 0.309 e. The van der Waals surface area contributed by atoms with E-state index in [-0.39, 0.29) is 0 Å². The first-order valence-electron chi connectivity index (χ1n) is 25.7. The summed E-state index contributed by atoms with van der Waals surface area (Å²) in [4.78, 5) is 20.5. The summed E-state index contributed by atoms with van der Waals surface area (Å²) < 4.78 is 4.72. The summed E-state index contributed by atoms with van der Waals surface area (Å²) >= 11 is 0. The maximum atomic E-state index is 9.84. The van der Waals surface area contributed by atoms with Crippen LogP contribution in [-0.4, -0.2) is 29.1 Å². The number of benzene rings is 10. The van der Waals surface area contributed by atoms with Crippen molar-refractivity contribution in [2.75, 3.05) is 0 Å². The Morgan fingerprint density at radius 3 is 1.37 bits per heavy atom. The predicted molar refractivity (Wildman–Crippen MR) is 314 cm³/mol. The van der Waals surface area contributed by atoms with Crippen LogP contribution in [0.25, 0.3) is 134 Å². The molecule has 0 saturated carbocycles. The van der Waals surface area contributed by atoms with Crippen LogP contribution in [0.3, 0.4) is 0 Å². The average molecular weight is 995 g/mol. The molecule has 0 atom stereocenters. The standard InChI is InChI=1S/C70H42N8/c71-43-45-15-13-21-49(37-45)51-28-33-65-59(39-51)56-23-7-9-26-63(56)77(65)54-31-32-55(62-25-11-12-36-73-62)58(42-54)61-41-53(70-75-68(47-17-3-1-4-18-47)74-69(76-70)48-19-5-2-6-20-48)30-35-67(61)78-64-27-10-8-24-57(64)60-40-52(29-34-66(60)78)50-22-14-16-46(38-50)44-72/h1-42H. The fourth-order valence-corrected chi connectivity index (χ4v) is 11.0. The van der Waals surface area contributed by atoms with E-state index in [0.29, 0.717) is 28.6 Å². The van der Waals surface area contributed by atoms with Gasteiger partial charge in [0.05, 0.1) is 56.7 Å². The molecule has 0 N–H and O–H groups in total. The number of hydrogen-bond acceptors (Lipinski definition) is 6. The van der Waals surface area contributed by atoms with Crippen LogP contribution in [0.5, 0.6) is 0 Å². The van der Waals surface area contributed by atoms with Gasteiger partial charge in [-0.05, 0) is 131 Å². The van der Waals surface area contributed by atoms with Gasteiger partial charge in [0, 0.05) is 61.2 Å². The first kappa shape index (κ1) is 45.5. The molecule has 0 bridgehead atoms. The van der Waals surface area contributed by atoms with Gasteiger partial charge in [-0.25, -0.2) is 15.0 Å². The van der Waals surface area contributed by atoms with Crippen LogP contribution in [0, 0.1) is 22.7 Å². The van der Waals surface area contributed by atoms with Crippen molar-refractivity contribution in [1.82, 2.24) is 29.1 Å². The number of rotatable bonds is 9. The maximum Gasteiger partial charge on any atom is 0.164 e. The summed E-state index contributed by atoms with van der Waals surface area (Å²) in [5, 5.41) is 24.0. The first-order chi connectivity index (χ1) is 38.6. The third-order valence-corrected chi connectivity index (χ3v) is 14.7. The molecule has 0 saturated heterocycles. The molecular weight excluding hydrogens is 953 g/mol.